The summed E-state index contributed by atoms with van der Waals surface area (Å²) in [6, 6.07) is 8.52. The number of benzene rings is 1. The first-order chi connectivity index (χ1) is 8.27. The minimum absolute atomic E-state index is 0.283. The molecule has 1 N–H and O–H groups in total. The van der Waals surface area contributed by atoms with E-state index < -0.39 is 0 Å². The number of rotatable bonds is 4. The van der Waals surface area contributed by atoms with Gasteiger partial charge in [0.05, 0.1) is 0 Å². The Morgan fingerprint density at radius 1 is 1.24 bits per heavy atom. The maximum absolute atomic E-state index is 3.99. The molecule has 0 aliphatic carbocycles. The molecule has 1 aromatic carbocycles. The van der Waals surface area contributed by atoms with E-state index in [0.29, 0.717) is 0 Å². The van der Waals surface area contributed by atoms with Crippen LogP contribution in [-0.4, -0.2) is 9.97 Å². The molecule has 0 amide bonds. The summed E-state index contributed by atoms with van der Waals surface area (Å²) in [4.78, 5) is 7.99. The molecule has 0 spiro atoms. The zero-order chi connectivity index (χ0) is 12.1. The molecule has 0 bridgehead atoms. The Morgan fingerprint density at radius 3 is 2.65 bits per heavy atom. The Balaban J connectivity index is 1.99. The van der Waals surface area contributed by atoms with Crippen LogP contribution in [0.5, 0.6) is 0 Å². The van der Waals surface area contributed by atoms with E-state index in [9.17, 15) is 0 Å². The van der Waals surface area contributed by atoms with Crippen molar-refractivity contribution < 1.29 is 0 Å². The third kappa shape index (κ3) is 3.35. The smallest absolute Gasteiger partial charge is 0.115 e. The molecule has 17 heavy (non-hydrogen) atoms. The normalized spacial score (nSPS) is 12.4. The maximum atomic E-state index is 3.99. The van der Waals surface area contributed by atoms with Crippen LogP contribution in [0.3, 0.4) is 0 Å². The zero-order valence-electron chi connectivity index (χ0n) is 9.60. The van der Waals surface area contributed by atoms with Crippen LogP contribution >= 0.6 is 15.9 Å². The van der Waals surface area contributed by atoms with Gasteiger partial charge in [-0.25, -0.2) is 9.97 Å². The van der Waals surface area contributed by atoms with Crippen molar-refractivity contribution in [2.45, 2.75) is 19.5 Å². The molecule has 1 atom stereocenters. The van der Waals surface area contributed by atoms with Crippen LogP contribution in [0.1, 0.15) is 24.1 Å². The van der Waals surface area contributed by atoms with E-state index in [1.807, 2.05) is 24.5 Å². The monoisotopic (exact) mass is 291 g/mol. The standard InChI is InChI=1S/C13H14BrN3/c1-10(12-4-2-3-5-13(12)14)17-8-11-6-15-9-16-7-11/h2-7,9-10,17H,8H2,1H3/t10-/m0/s1. The summed E-state index contributed by atoms with van der Waals surface area (Å²) in [6.45, 7) is 2.91. The molecule has 1 heterocycles. The van der Waals surface area contributed by atoms with Gasteiger partial charge in [-0.3, -0.25) is 0 Å². The topological polar surface area (TPSA) is 37.8 Å². The van der Waals surface area contributed by atoms with E-state index in [1.54, 1.807) is 6.33 Å². The fraction of sp³-hybridized carbons (Fsp3) is 0.231. The van der Waals surface area contributed by atoms with Crippen LogP contribution < -0.4 is 5.32 Å². The van der Waals surface area contributed by atoms with Crippen molar-refractivity contribution in [2.24, 2.45) is 0 Å². The molecule has 0 radical (unpaired) electrons. The van der Waals surface area contributed by atoms with Crippen molar-refractivity contribution in [3.8, 4) is 0 Å². The lowest BCUT2D eigenvalue weighted by Gasteiger charge is -2.15. The fourth-order valence-corrected chi connectivity index (χ4v) is 2.26. The van der Waals surface area contributed by atoms with Crippen molar-refractivity contribution >= 4 is 15.9 Å². The number of hydrogen-bond donors (Lipinski definition) is 1. The number of hydrogen-bond acceptors (Lipinski definition) is 3. The van der Waals surface area contributed by atoms with Gasteiger partial charge < -0.3 is 5.32 Å². The Bertz CT molecular complexity index is 473. The minimum Gasteiger partial charge on any atom is -0.306 e. The van der Waals surface area contributed by atoms with E-state index in [1.165, 1.54) is 5.56 Å². The Labute approximate surface area is 109 Å². The van der Waals surface area contributed by atoms with Crippen molar-refractivity contribution in [2.75, 3.05) is 0 Å². The van der Waals surface area contributed by atoms with Gasteiger partial charge >= 0.3 is 0 Å². The first kappa shape index (κ1) is 12.2. The fourth-order valence-electron chi connectivity index (χ4n) is 1.63. The molecule has 4 heteroatoms. The van der Waals surface area contributed by atoms with Gasteiger partial charge in [0.2, 0.25) is 0 Å². The Morgan fingerprint density at radius 2 is 1.94 bits per heavy atom. The molecule has 88 valence electrons. The highest BCUT2D eigenvalue weighted by atomic mass is 79.9. The number of nitrogens with one attached hydrogen (secondary N) is 1. The zero-order valence-corrected chi connectivity index (χ0v) is 11.2. The quantitative estimate of drug-likeness (QED) is 0.941. The summed E-state index contributed by atoms with van der Waals surface area (Å²) in [5.41, 5.74) is 2.34. The van der Waals surface area contributed by atoms with Crippen molar-refractivity contribution in [3.63, 3.8) is 0 Å². The van der Waals surface area contributed by atoms with Gasteiger partial charge in [0.25, 0.3) is 0 Å². The van der Waals surface area contributed by atoms with E-state index in [-0.39, 0.29) is 6.04 Å². The second-order valence-electron chi connectivity index (χ2n) is 3.87. The molecule has 0 saturated carbocycles. The molecule has 0 aliphatic heterocycles. The molecular formula is C13H14BrN3. The molecule has 3 nitrogen and oxygen atoms in total. The van der Waals surface area contributed by atoms with Gasteiger partial charge in [0, 0.05) is 35.0 Å². The number of aromatic nitrogens is 2. The van der Waals surface area contributed by atoms with Crippen LogP contribution in [0.25, 0.3) is 0 Å². The van der Waals surface area contributed by atoms with Gasteiger partial charge in [0.15, 0.2) is 0 Å². The SMILES string of the molecule is C[C@H](NCc1cncnc1)c1ccccc1Br. The first-order valence-electron chi connectivity index (χ1n) is 5.49. The Hall–Kier alpha value is -1.26. The van der Waals surface area contributed by atoms with Gasteiger partial charge in [-0.2, -0.15) is 0 Å². The highest BCUT2D eigenvalue weighted by Gasteiger charge is 2.07. The third-order valence-corrected chi connectivity index (χ3v) is 3.32. The largest absolute Gasteiger partial charge is 0.306 e. The van der Waals surface area contributed by atoms with Crippen LogP contribution in [0.15, 0.2) is 47.5 Å². The molecule has 1 aromatic heterocycles. The number of nitrogens with zero attached hydrogens (tertiary/aromatic N) is 2. The predicted octanol–water partition coefficient (Wildman–Crippen LogP) is 3.09. The summed E-state index contributed by atoms with van der Waals surface area (Å²) >= 11 is 3.56. The summed E-state index contributed by atoms with van der Waals surface area (Å²) in [7, 11) is 0. The van der Waals surface area contributed by atoms with Crippen LogP contribution in [0, 0.1) is 0 Å². The van der Waals surface area contributed by atoms with Crippen molar-refractivity contribution in [1.82, 2.24) is 15.3 Å². The molecule has 0 unspecified atom stereocenters. The van der Waals surface area contributed by atoms with Gasteiger partial charge in [-0.1, -0.05) is 34.1 Å². The molecule has 0 aliphatic rings. The number of halogens is 1. The van der Waals surface area contributed by atoms with E-state index in [2.05, 4.69) is 50.3 Å². The van der Waals surface area contributed by atoms with Gasteiger partial charge in [0.1, 0.15) is 6.33 Å². The van der Waals surface area contributed by atoms with Crippen molar-refractivity contribution in [1.29, 1.82) is 0 Å². The summed E-state index contributed by atoms with van der Waals surface area (Å²) < 4.78 is 1.13. The van der Waals surface area contributed by atoms with E-state index >= 15 is 0 Å². The molecule has 0 saturated heterocycles. The van der Waals surface area contributed by atoms with E-state index in [0.717, 1.165) is 16.6 Å². The molecule has 2 aromatic rings. The second-order valence-corrected chi connectivity index (χ2v) is 4.73. The van der Waals surface area contributed by atoms with E-state index in [4.69, 9.17) is 0 Å². The predicted molar refractivity (Wildman–Crippen MR) is 71.4 cm³/mol. The van der Waals surface area contributed by atoms with Crippen molar-refractivity contribution in [3.05, 3.63) is 58.6 Å². The molecule has 2 rings (SSSR count). The summed E-state index contributed by atoms with van der Waals surface area (Å²) in [6.07, 6.45) is 5.19. The lowest BCUT2D eigenvalue weighted by atomic mass is 10.1. The average Bonchev–Trinajstić information content (AvgIpc) is 2.38. The maximum Gasteiger partial charge on any atom is 0.115 e. The second kappa shape index (κ2) is 5.89. The minimum atomic E-state index is 0.283. The highest BCUT2D eigenvalue weighted by Crippen LogP contribution is 2.22. The lowest BCUT2D eigenvalue weighted by molar-refractivity contribution is 0.571. The third-order valence-electron chi connectivity index (χ3n) is 2.60. The van der Waals surface area contributed by atoms with Crippen LogP contribution in [-0.2, 0) is 6.54 Å². The average molecular weight is 292 g/mol. The molecular weight excluding hydrogens is 278 g/mol. The first-order valence-corrected chi connectivity index (χ1v) is 6.28. The summed E-state index contributed by atoms with van der Waals surface area (Å²) in [5.74, 6) is 0. The summed E-state index contributed by atoms with van der Waals surface area (Å²) in [5, 5.41) is 3.45. The molecule has 0 fully saturated rings. The highest BCUT2D eigenvalue weighted by molar-refractivity contribution is 9.10. The van der Waals surface area contributed by atoms with Gasteiger partial charge in [-0.05, 0) is 18.6 Å². The van der Waals surface area contributed by atoms with Crippen LogP contribution in [0.4, 0.5) is 0 Å². The lowest BCUT2D eigenvalue weighted by Crippen LogP contribution is -2.18. The van der Waals surface area contributed by atoms with Crippen LogP contribution in [0.2, 0.25) is 0 Å². The Kier molecular flexibility index (Phi) is 4.23. The van der Waals surface area contributed by atoms with Gasteiger partial charge in [-0.15, -0.1) is 0 Å².